The first kappa shape index (κ1) is 9.74. The van der Waals surface area contributed by atoms with Gasteiger partial charge >= 0.3 is 0 Å². The van der Waals surface area contributed by atoms with E-state index in [9.17, 15) is 5.11 Å². The summed E-state index contributed by atoms with van der Waals surface area (Å²) in [4.78, 5) is 4.09. The Kier molecular flexibility index (Phi) is 3.46. The second kappa shape index (κ2) is 4.62. The Morgan fingerprint density at radius 3 is 3.08 bits per heavy atom. The summed E-state index contributed by atoms with van der Waals surface area (Å²) in [6, 6.07) is 5.30. The monoisotopic (exact) mass is 179 g/mol. The first-order valence-electron chi connectivity index (χ1n) is 4.08. The van der Waals surface area contributed by atoms with Crippen molar-refractivity contribution < 1.29 is 9.84 Å². The zero-order chi connectivity index (χ0) is 9.68. The van der Waals surface area contributed by atoms with Gasteiger partial charge in [-0.3, -0.25) is 0 Å². The smallest absolute Gasteiger partial charge is 0.213 e. The number of pyridine rings is 1. The molecule has 13 heavy (non-hydrogen) atoms. The fraction of sp³-hybridized carbons (Fsp3) is 0.300. The summed E-state index contributed by atoms with van der Waals surface area (Å²) in [7, 11) is 1.55. The molecule has 0 radical (unpaired) electrons. The van der Waals surface area contributed by atoms with Crippen LogP contribution in [0.15, 0.2) is 30.9 Å². The number of nitrogens with zero attached hydrogens (tertiary/aromatic N) is 1. The van der Waals surface area contributed by atoms with Crippen LogP contribution in [0, 0.1) is 0 Å². The lowest BCUT2D eigenvalue weighted by Crippen LogP contribution is -2.00. The van der Waals surface area contributed by atoms with Crippen LogP contribution in [0.2, 0.25) is 0 Å². The summed E-state index contributed by atoms with van der Waals surface area (Å²) in [6.07, 6.45) is 1.57. The zero-order valence-corrected chi connectivity index (χ0v) is 7.60. The molecule has 1 aromatic heterocycles. The van der Waals surface area contributed by atoms with Gasteiger partial charge in [0.05, 0.1) is 18.9 Å². The predicted octanol–water partition coefficient (Wildman–Crippen LogP) is 1.70. The second-order valence-electron chi connectivity index (χ2n) is 2.64. The lowest BCUT2D eigenvalue weighted by Gasteiger charge is -2.07. The predicted molar refractivity (Wildman–Crippen MR) is 50.6 cm³/mol. The fourth-order valence-electron chi connectivity index (χ4n) is 1.01. The molecule has 1 heterocycles. The molecule has 0 spiro atoms. The molecule has 1 aromatic rings. The molecule has 0 fully saturated rings. The first-order chi connectivity index (χ1) is 6.27. The van der Waals surface area contributed by atoms with E-state index >= 15 is 0 Å². The summed E-state index contributed by atoms with van der Waals surface area (Å²) < 4.78 is 4.94. The van der Waals surface area contributed by atoms with E-state index in [-0.39, 0.29) is 0 Å². The molecule has 0 aliphatic heterocycles. The maximum Gasteiger partial charge on any atom is 0.213 e. The van der Waals surface area contributed by atoms with E-state index in [1.807, 2.05) is 0 Å². The van der Waals surface area contributed by atoms with Crippen molar-refractivity contribution in [3.8, 4) is 5.88 Å². The Hall–Kier alpha value is -1.35. The molecule has 3 nitrogen and oxygen atoms in total. The molecule has 1 rings (SSSR count). The van der Waals surface area contributed by atoms with E-state index in [4.69, 9.17) is 4.74 Å². The minimum atomic E-state index is -0.590. The van der Waals surface area contributed by atoms with Gasteiger partial charge in [-0.05, 0) is 12.5 Å². The molecule has 1 atom stereocenters. The summed E-state index contributed by atoms with van der Waals surface area (Å²) in [5.41, 5.74) is 0.610. The number of aromatic nitrogens is 1. The average molecular weight is 179 g/mol. The van der Waals surface area contributed by atoms with Crippen molar-refractivity contribution in [3.05, 3.63) is 36.5 Å². The highest BCUT2D eigenvalue weighted by atomic mass is 16.5. The molecule has 0 amide bonds. The van der Waals surface area contributed by atoms with Crippen molar-refractivity contribution in [3.63, 3.8) is 0 Å². The van der Waals surface area contributed by atoms with E-state index in [1.54, 1.807) is 31.4 Å². The Balaban J connectivity index is 2.81. The standard InChI is InChI=1S/C10H13NO2/c1-3-5-9(12)8-6-4-7-10(11-8)13-2/h3-4,6-7,9,12H,1,5H2,2H3. The first-order valence-corrected chi connectivity index (χ1v) is 4.08. The minimum absolute atomic E-state index is 0.500. The van der Waals surface area contributed by atoms with Gasteiger partial charge in [0, 0.05) is 6.07 Å². The van der Waals surface area contributed by atoms with Gasteiger partial charge in [0.1, 0.15) is 0 Å². The maximum absolute atomic E-state index is 9.55. The number of hydrogen-bond acceptors (Lipinski definition) is 3. The topological polar surface area (TPSA) is 42.4 Å². The van der Waals surface area contributed by atoms with Crippen LogP contribution in [0.3, 0.4) is 0 Å². The highest BCUT2D eigenvalue weighted by Crippen LogP contribution is 2.16. The van der Waals surface area contributed by atoms with E-state index in [2.05, 4.69) is 11.6 Å². The van der Waals surface area contributed by atoms with Crippen molar-refractivity contribution in [2.45, 2.75) is 12.5 Å². The van der Waals surface area contributed by atoms with Crippen LogP contribution in [-0.2, 0) is 0 Å². The summed E-state index contributed by atoms with van der Waals surface area (Å²) >= 11 is 0. The largest absolute Gasteiger partial charge is 0.481 e. The maximum atomic E-state index is 9.55. The Bertz CT molecular complexity index is 286. The van der Waals surface area contributed by atoms with Gasteiger partial charge in [0.2, 0.25) is 5.88 Å². The molecule has 0 aliphatic rings. The van der Waals surface area contributed by atoms with E-state index < -0.39 is 6.10 Å². The average Bonchev–Trinajstić information content (AvgIpc) is 2.18. The van der Waals surface area contributed by atoms with Crippen molar-refractivity contribution in [1.82, 2.24) is 4.98 Å². The van der Waals surface area contributed by atoms with Gasteiger partial charge in [-0.15, -0.1) is 6.58 Å². The number of aliphatic hydroxyl groups is 1. The van der Waals surface area contributed by atoms with Crippen LogP contribution >= 0.6 is 0 Å². The van der Waals surface area contributed by atoms with Gasteiger partial charge in [-0.1, -0.05) is 12.1 Å². The minimum Gasteiger partial charge on any atom is -0.481 e. The van der Waals surface area contributed by atoms with Gasteiger partial charge in [0.15, 0.2) is 0 Å². The van der Waals surface area contributed by atoms with Crippen molar-refractivity contribution >= 4 is 0 Å². The van der Waals surface area contributed by atoms with Gasteiger partial charge in [-0.25, -0.2) is 4.98 Å². The third-order valence-electron chi connectivity index (χ3n) is 1.69. The van der Waals surface area contributed by atoms with Crippen LogP contribution in [0.5, 0.6) is 5.88 Å². The molecule has 0 saturated heterocycles. The highest BCUT2D eigenvalue weighted by molar-refractivity contribution is 5.17. The molecule has 3 heteroatoms. The quantitative estimate of drug-likeness (QED) is 0.715. The number of hydrogen-bond donors (Lipinski definition) is 1. The molecule has 1 unspecified atom stereocenters. The van der Waals surface area contributed by atoms with Crippen LogP contribution in [0.25, 0.3) is 0 Å². The number of aliphatic hydroxyl groups excluding tert-OH is 1. The molecule has 0 saturated carbocycles. The summed E-state index contributed by atoms with van der Waals surface area (Å²) in [6.45, 7) is 3.55. The lowest BCUT2D eigenvalue weighted by molar-refractivity contribution is 0.175. The third kappa shape index (κ3) is 2.56. The van der Waals surface area contributed by atoms with Gasteiger partial charge < -0.3 is 9.84 Å². The normalized spacial score (nSPS) is 12.2. The van der Waals surface area contributed by atoms with Crippen molar-refractivity contribution in [2.24, 2.45) is 0 Å². The molecule has 0 aliphatic carbocycles. The summed E-state index contributed by atoms with van der Waals surface area (Å²) in [5.74, 6) is 0.514. The van der Waals surface area contributed by atoms with Gasteiger partial charge in [-0.2, -0.15) is 0 Å². The molecular weight excluding hydrogens is 166 g/mol. The van der Waals surface area contributed by atoms with E-state index in [0.29, 0.717) is 18.0 Å². The van der Waals surface area contributed by atoms with E-state index in [0.717, 1.165) is 0 Å². The molecular formula is C10H13NO2. The van der Waals surface area contributed by atoms with Crippen LogP contribution in [-0.4, -0.2) is 17.2 Å². The van der Waals surface area contributed by atoms with E-state index in [1.165, 1.54) is 0 Å². The Labute approximate surface area is 77.7 Å². The van der Waals surface area contributed by atoms with Crippen LogP contribution in [0.4, 0.5) is 0 Å². The van der Waals surface area contributed by atoms with Crippen LogP contribution in [0.1, 0.15) is 18.2 Å². The fourth-order valence-corrected chi connectivity index (χ4v) is 1.01. The molecule has 0 aromatic carbocycles. The molecule has 1 N–H and O–H groups in total. The third-order valence-corrected chi connectivity index (χ3v) is 1.69. The van der Waals surface area contributed by atoms with Crippen molar-refractivity contribution in [2.75, 3.05) is 7.11 Å². The van der Waals surface area contributed by atoms with Gasteiger partial charge in [0.25, 0.3) is 0 Å². The number of rotatable bonds is 4. The Morgan fingerprint density at radius 1 is 1.69 bits per heavy atom. The van der Waals surface area contributed by atoms with Crippen LogP contribution < -0.4 is 4.74 Å². The SMILES string of the molecule is C=CCC(O)c1cccc(OC)n1. The number of ether oxygens (including phenoxy) is 1. The molecule has 0 bridgehead atoms. The lowest BCUT2D eigenvalue weighted by atomic mass is 10.2. The number of methoxy groups -OCH3 is 1. The second-order valence-corrected chi connectivity index (χ2v) is 2.64. The Morgan fingerprint density at radius 2 is 2.46 bits per heavy atom. The van der Waals surface area contributed by atoms with Crippen molar-refractivity contribution in [1.29, 1.82) is 0 Å². The molecule has 70 valence electrons. The summed E-state index contributed by atoms with van der Waals surface area (Å²) in [5, 5.41) is 9.55. The highest BCUT2D eigenvalue weighted by Gasteiger charge is 2.07. The zero-order valence-electron chi connectivity index (χ0n) is 7.60.